The van der Waals surface area contributed by atoms with Gasteiger partial charge in [-0.05, 0) is 73.3 Å². The second kappa shape index (κ2) is 8.36. The summed E-state index contributed by atoms with van der Waals surface area (Å²) in [6, 6.07) is 17.5. The van der Waals surface area contributed by atoms with Crippen molar-refractivity contribution in [3.05, 3.63) is 70.8 Å². The molecule has 3 nitrogen and oxygen atoms in total. The van der Waals surface area contributed by atoms with Crippen molar-refractivity contribution >= 4 is 27.8 Å². The molecular formula is C24H27N3S. The van der Waals surface area contributed by atoms with E-state index in [4.69, 9.17) is 9.98 Å². The lowest BCUT2D eigenvalue weighted by molar-refractivity contribution is 0.415. The van der Waals surface area contributed by atoms with Gasteiger partial charge in [0.05, 0.1) is 5.52 Å². The van der Waals surface area contributed by atoms with Gasteiger partial charge in [0.1, 0.15) is 5.03 Å². The van der Waals surface area contributed by atoms with Crippen LogP contribution in [0.5, 0.6) is 0 Å². The molecule has 4 rings (SSSR count). The Balaban J connectivity index is 1.64. The zero-order valence-corrected chi connectivity index (χ0v) is 17.7. The molecule has 2 heterocycles. The van der Waals surface area contributed by atoms with E-state index < -0.39 is 0 Å². The number of aromatic nitrogens is 1. The average molecular weight is 390 g/mol. The number of pyridine rings is 1. The Labute approximate surface area is 171 Å². The predicted octanol–water partition coefficient (Wildman–Crippen LogP) is 5.77. The van der Waals surface area contributed by atoms with Gasteiger partial charge in [-0.2, -0.15) is 0 Å². The zero-order chi connectivity index (χ0) is 19.5. The predicted molar refractivity (Wildman–Crippen MR) is 120 cm³/mol. The van der Waals surface area contributed by atoms with Crippen molar-refractivity contribution in [3.63, 3.8) is 0 Å². The van der Waals surface area contributed by atoms with E-state index in [1.807, 2.05) is 0 Å². The third-order valence-corrected chi connectivity index (χ3v) is 6.39. The van der Waals surface area contributed by atoms with Gasteiger partial charge in [-0.3, -0.25) is 4.99 Å². The fourth-order valence-corrected chi connectivity index (χ4v) is 4.53. The lowest BCUT2D eigenvalue weighted by Gasteiger charge is -2.31. The van der Waals surface area contributed by atoms with Gasteiger partial charge < -0.3 is 4.90 Å². The Bertz CT molecular complexity index is 1010. The van der Waals surface area contributed by atoms with Crippen molar-refractivity contribution in [3.8, 4) is 0 Å². The first-order chi connectivity index (χ1) is 13.6. The summed E-state index contributed by atoms with van der Waals surface area (Å²) in [5.41, 5.74) is 6.39. The van der Waals surface area contributed by atoms with E-state index >= 15 is 0 Å². The molecule has 3 aromatic rings. The van der Waals surface area contributed by atoms with Crippen LogP contribution in [0.3, 0.4) is 0 Å². The Hall–Kier alpha value is -2.33. The van der Waals surface area contributed by atoms with Crippen molar-refractivity contribution in [1.82, 2.24) is 9.88 Å². The highest BCUT2D eigenvalue weighted by Crippen LogP contribution is 2.34. The number of hydrogen-bond acceptors (Lipinski definition) is 3. The molecule has 2 aromatic carbocycles. The van der Waals surface area contributed by atoms with E-state index in [1.54, 1.807) is 11.8 Å². The molecule has 0 amide bonds. The topological polar surface area (TPSA) is 28.5 Å². The van der Waals surface area contributed by atoms with Crippen LogP contribution in [-0.2, 0) is 13.0 Å². The smallest absolute Gasteiger partial charge is 0.165 e. The van der Waals surface area contributed by atoms with Crippen LogP contribution in [0.2, 0.25) is 0 Å². The van der Waals surface area contributed by atoms with E-state index in [1.165, 1.54) is 27.6 Å². The van der Waals surface area contributed by atoms with Crippen molar-refractivity contribution in [2.24, 2.45) is 4.99 Å². The standard InChI is InChI=1S/C24H27N3S/c1-4-11-25-24-27(12-10-19-8-6-5-7-9-19)16-21-15-20-13-17(2)18(3)14-22(20)26-23(21)28-24/h5-9,13-15H,4,10-12,16H2,1-3H3. The molecule has 28 heavy (non-hydrogen) atoms. The minimum atomic E-state index is 0.866. The molecule has 0 fully saturated rings. The second-order valence-corrected chi connectivity index (χ2v) is 8.46. The fraction of sp³-hybridized carbons (Fsp3) is 0.333. The molecule has 0 N–H and O–H groups in total. The number of aliphatic imine (C=N–C) groups is 1. The summed E-state index contributed by atoms with van der Waals surface area (Å²) in [5, 5.41) is 3.46. The van der Waals surface area contributed by atoms with E-state index in [-0.39, 0.29) is 0 Å². The van der Waals surface area contributed by atoms with Crippen molar-refractivity contribution in [1.29, 1.82) is 0 Å². The molecular weight excluding hydrogens is 362 g/mol. The fourth-order valence-electron chi connectivity index (χ4n) is 3.52. The molecule has 0 radical (unpaired) electrons. The number of amidine groups is 1. The minimum absolute atomic E-state index is 0.866. The summed E-state index contributed by atoms with van der Waals surface area (Å²) in [6.07, 6.45) is 2.09. The highest BCUT2D eigenvalue weighted by atomic mass is 32.2. The van der Waals surface area contributed by atoms with Crippen LogP contribution >= 0.6 is 11.8 Å². The van der Waals surface area contributed by atoms with E-state index in [2.05, 4.69) is 74.2 Å². The van der Waals surface area contributed by atoms with Gasteiger partial charge in [0, 0.05) is 30.6 Å². The number of hydrogen-bond donors (Lipinski definition) is 0. The molecule has 0 unspecified atom stereocenters. The highest BCUT2D eigenvalue weighted by Gasteiger charge is 2.24. The second-order valence-electron chi connectivity index (χ2n) is 7.51. The van der Waals surface area contributed by atoms with E-state index in [9.17, 15) is 0 Å². The molecule has 4 heteroatoms. The lowest BCUT2D eigenvalue weighted by Crippen LogP contribution is -2.34. The van der Waals surface area contributed by atoms with Crippen LogP contribution in [0.15, 0.2) is 58.5 Å². The highest BCUT2D eigenvalue weighted by molar-refractivity contribution is 8.13. The van der Waals surface area contributed by atoms with Crippen LogP contribution in [0.4, 0.5) is 0 Å². The lowest BCUT2D eigenvalue weighted by atomic mass is 10.0. The molecule has 0 saturated carbocycles. The number of nitrogens with zero attached hydrogens (tertiary/aromatic N) is 3. The number of rotatable bonds is 5. The molecule has 0 aliphatic carbocycles. The molecule has 0 bridgehead atoms. The quantitative estimate of drug-likeness (QED) is 0.555. The van der Waals surface area contributed by atoms with Crippen LogP contribution in [-0.4, -0.2) is 28.1 Å². The third kappa shape index (κ3) is 4.07. The number of benzene rings is 2. The van der Waals surface area contributed by atoms with Crippen molar-refractivity contribution in [2.45, 2.75) is 45.2 Å². The van der Waals surface area contributed by atoms with Crippen LogP contribution < -0.4 is 0 Å². The number of aryl methyl sites for hydroxylation is 2. The monoisotopic (exact) mass is 389 g/mol. The average Bonchev–Trinajstić information content (AvgIpc) is 2.71. The summed E-state index contributed by atoms with van der Waals surface area (Å²) in [6.45, 7) is 9.23. The van der Waals surface area contributed by atoms with Gasteiger partial charge in [-0.1, -0.05) is 37.3 Å². The number of thioether (sulfide) groups is 1. The van der Waals surface area contributed by atoms with Crippen molar-refractivity contribution in [2.75, 3.05) is 13.1 Å². The molecule has 144 valence electrons. The van der Waals surface area contributed by atoms with Crippen LogP contribution in [0, 0.1) is 13.8 Å². The molecule has 1 aromatic heterocycles. The molecule has 1 aliphatic heterocycles. The van der Waals surface area contributed by atoms with Gasteiger partial charge in [0.15, 0.2) is 5.17 Å². The largest absolute Gasteiger partial charge is 0.346 e. The first-order valence-electron chi connectivity index (χ1n) is 10.1. The SMILES string of the molecule is CCCN=C1Sc2nc3cc(C)c(C)cc3cc2CN1CCc1ccccc1. The first-order valence-corrected chi connectivity index (χ1v) is 10.9. The summed E-state index contributed by atoms with van der Waals surface area (Å²) in [7, 11) is 0. The number of fused-ring (bicyclic) bond motifs is 2. The van der Waals surface area contributed by atoms with E-state index in [0.717, 1.165) is 48.2 Å². The molecule has 1 aliphatic rings. The maximum atomic E-state index is 4.98. The third-order valence-electron chi connectivity index (χ3n) is 5.27. The summed E-state index contributed by atoms with van der Waals surface area (Å²) in [4.78, 5) is 12.3. The summed E-state index contributed by atoms with van der Waals surface area (Å²) >= 11 is 1.73. The Morgan fingerprint density at radius 2 is 1.86 bits per heavy atom. The maximum Gasteiger partial charge on any atom is 0.165 e. The molecule has 0 spiro atoms. The summed E-state index contributed by atoms with van der Waals surface area (Å²) < 4.78 is 0. The minimum Gasteiger partial charge on any atom is -0.346 e. The molecule has 0 atom stereocenters. The van der Waals surface area contributed by atoms with Gasteiger partial charge in [-0.15, -0.1) is 0 Å². The van der Waals surface area contributed by atoms with Gasteiger partial charge in [-0.25, -0.2) is 4.98 Å². The summed E-state index contributed by atoms with van der Waals surface area (Å²) in [5.74, 6) is 0. The maximum absolute atomic E-state index is 4.98. The van der Waals surface area contributed by atoms with Gasteiger partial charge in [0.2, 0.25) is 0 Å². The van der Waals surface area contributed by atoms with Gasteiger partial charge >= 0.3 is 0 Å². The Kier molecular flexibility index (Phi) is 5.67. The van der Waals surface area contributed by atoms with Crippen LogP contribution in [0.25, 0.3) is 10.9 Å². The Morgan fingerprint density at radius 1 is 1.07 bits per heavy atom. The zero-order valence-electron chi connectivity index (χ0n) is 16.9. The first kappa shape index (κ1) is 19.0. The van der Waals surface area contributed by atoms with E-state index in [0.29, 0.717) is 0 Å². The molecule has 0 saturated heterocycles. The van der Waals surface area contributed by atoms with Crippen molar-refractivity contribution < 1.29 is 0 Å². The normalized spacial score (nSPS) is 15.2. The van der Waals surface area contributed by atoms with Gasteiger partial charge in [0.25, 0.3) is 0 Å². The van der Waals surface area contributed by atoms with Crippen LogP contribution in [0.1, 0.15) is 35.6 Å². The Morgan fingerprint density at radius 3 is 2.64 bits per heavy atom.